The Morgan fingerprint density at radius 3 is 2.71 bits per heavy atom. The lowest BCUT2D eigenvalue weighted by Gasteiger charge is -2.33. The van der Waals surface area contributed by atoms with Crippen molar-refractivity contribution in [2.24, 2.45) is 11.8 Å². The summed E-state index contributed by atoms with van der Waals surface area (Å²) in [6.07, 6.45) is 3.04. The molecule has 6 heteroatoms. The molecule has 2 bridgehead atoms. The van der Waals surface area contributed by atoms with E-state index in [1.54, 1.807) is 4.90 Å². The largest absolute Gasteiger partial charge is 0.370 e. The third kappa shape index (κ3) is 3.48. The molecule has 0 aromatic heterocycles. The molecule has 1 saturated carbocycles. The molecule has 3 fully saturated rings. The van der Waals surface area contributed by atoms with E-state index in [4.69, 9.17) is 4.74 Å². The SMILES string of the molecule is CC(C)NC(=O)N1C[C@@H]2C[C@@H](C(=O)NCC3CC3)[C@H](C1)O2. The van der Waals surface area contributed by atoms with Gasteiger partial charge in [-0.05, 0) is 39.0 Å². The number of amides is 3. The maximum absolute atomic E-state index is 12.3. The van der Waals surface area contributed by atoms with Crippen LogP contribution in [0.4, 0.5) is 4.79 Å². The fraction of sp³-hybridized carbons (Fsp3) is 0.867. The van der Waals surface area contributed by atoms with Gasteiger partial charge in [0, 0.05) is 25.7 Å². The van der Waals surface area contributed by atoms with Crippen LogP contribution in [0.25, 0.3) is 0 Å². The first-order valence-corrected chi connectivity index (χ1v) is 8.01. The van der Waals surface area contributed by atoms with E-state index in [-0.39, 0.29) is 36.1 Å². The van der Waals surface area contributed by atoms with Gasteiger partial charge in [0.2, 0.25) is 5.91 Å². The van der Waals surface area contributed by atoms with Crippen LogP contribution in [-0.4, -0.2) is 54.7 Å². The summed E-state index contributed by atoms with van der Waals surface area (Å²) in [5.74, 6) is 0.676. The van der Waals surface area contributed by atoms with Crippen molar-refractivity contribution in [2.45, 2.75) is 51.4 Å². The number of rotatable bonds is 4. The highest BCUT2D eigenvalue weighted by molar-refractivity contribution is 5.80. The first-order valence-electron chi connectivity index (χ1n) is 8.01. The van der Waals surface area contributed by atoms with E-state index in [1.165, 1.54) is 12.8 Å². The second-order valence-corrected chi connectivity index (χ2v) is 6.84. The van der Waals surface area contributed by atoms with Crippen molar-refractivity contribution in [2.75, 3.05) is 19.6 Å². The number of likely N-dealkylation sites (tertiary alicyclic amines) is 1. The van der Waals surface area contributed by atoms with Crippen LogP contribution in [0.3, 0.4) is 0 Å². The molecular weight excluding hydrogens is 270 g/mol. The predicted octanol–water partition coefficient (Wildman–Crippen LogP) is 0.720. The maximum Gasteiger partial charge on any atom is 0.317 e. The Labute approximate surface area is 125 Å². The number of hydrogen-bond donors (Lipinski definition) is 2. The molecule has 2 heterocycles. The van der Waals surface area contributed by atoms with Crippen molar-refractivity contribution >= 4 is 11.9 Å². The number of hydrogen-bond acceptors (Lipinski definition) is 3. The van der Waals surface area contributed by atoms with Crippen LogP contribution in [-0.2, 0) is 9.53 Å². The van der Waals surface area contributed by atoms with Gasteiger partial charge >= 0.3 is 6.03 Å². The zero-order valence-corrected chi connectivity index (χ0v) is 12.8. The summed E-state index contributed by atoms with van der Waals surface area (Å²) in [5, 5.41) is 5.94. The van der Waals surface area contributed by atoms with E-state index in [9.17, 15) is 9.59 Å². The fourth-order valence-electron chi connectivity index (χ4n) is 3.14. The van der Waals surface area contributed by atoms with Crippen LogP contribution >= 0.6 is 0 Å². The topological polar surface area (TPSA) is 70.7 Å². The molecule has 3 aliphatic rings. The average Bonchev–Trinajstić information content (AvgIpc) is 3.20. The Morgan fingerprint density at radius 2 is 2.05 bits per heavy atom. The summed E-state index contributed by atoms with van der Waals surface area (Å²) in [6.45, 7) is 5.78. The molecule has 3 rings (SSSR count). The van der Waals surface area contributed by atoms with Gasteiger partial charge in [-0.2, -0.15) is 0 Å². The predicted molar refractivity (Wildman–Crippen MR) is 77.7 cm³/mol. The molecule has 2 saturated heterocycles. The minimum absolute atomic E-state index is 0.00154. The smallest absolute Gasteiger partial charge is 0.317 e. The molecule has 21 heavy (non-hydrogen) atoms. The number of morpholine rings is 1. The van der Waals surface area contributed by atoms with Gasteiger partial charge in [-0.1, -0.05) is 0 Å². The lowest BCUT2D eigenvalue weighted by Crippen LogP contribution is -2.52. The first kappa shape index (κ1) is 14.6. The Balaban J connectivity index is 1.54. The maximum atomic E-state index is 12.3. The van der Waals surface area contributed by atoms with Gasteiger partial charge in [-0.25, -0.2) is 4.79 Å². The van der Waals surface area contributed by atoms with Gasteiger partial charge in [0.25, 0.3) is 0 Å². The molecular formula is C15H25N3O3. The summed E-state index contributed by atoms with van der Waals surface area (Å²) >= 11 is 0. The van der Waals surface area contributed by atoms with E-state index in [2.05, 4.69) is 10.6 Å². The van der Waals surface area contributed by atoms with E-state index < -0.39 is 0 Å². The van der Waals surface area contributed by atoms with Crippen molar-refractivity contribution in [1.82, 2.24) is 15.5 Å². The number of nitrogens with zero attached hydrogens (tertiary/aromatic N) is 1. The van der Waals surface area contributed by atoms with Gasteiger partial charge in [0.15, 0.2) is 0 Å². The van der Waals surface area contributed by atoms with Crippen molar-refractivity contribution in [3.8, 4) is 0 Å². The normalized spacial score (nSPS) is 31.4. The molecule has 3 atom stereocenters. The molecule has 3 amide bonds. The van der Waals surface area contributed by atoms with Crippen molar-refractivity contribution in [3.05, 3.63) is 0 Å². The number of carbonyl (C=O) groups excluding carboxylic acids is 2. The summed E-state index contributed by atoms with van der Waals surface area (Å²) in [7, 11) is 0. The van der Waals surface area contributed by atoms with E-state index in [0.717, 1.165) is 13.0 Å². The zero-order valence-electron chi connectivity index (χ0n) is 12.8. The molecule has 0 spiro atoms. The van der Waals surface area contributed by atoms with E-state index in [1.807, 2.05) is 13.8 Å². The lowest BCUT2D eigenvalue weighted by molar-refractivity contribution is -0.127. The highest BCUT2D eigenvalue weighted by Gasteiger charge is 2.45. The Kier molecular flexibility index (Phi) is 4.06. The van der Waals surface area contributed by atoms with Crippen LogP contribution in [0.1, 0.15) is 33.1 Å². The van der Waals surface area contributed by atoms with Gasteiger partial charge in [-0.15, -0.1) is 0 Å². The van der Waals surface area contributed by atoms with Crippen molar-refractivity contribution in [3.63, 3.8) is 0 Å². The van der Waals surface area contributed by atoms with Crippen LogP contribution in [0, 0.1) is 11.8 Å². The number of ether oxygens (including phenoxy) is 1. The Hall–Kier alpha value is -1.30. The molecule has 0 aromatic carbocycles. The monoisotopic (exact) mass is 295 g/mol. The van der Waals surface area contributed by atoms with E-state index >= 15 is 0 Å². The van der Waals surface area contributed by atoms with Gasteiger partial charge in [0.05, 0.1) is 18.1 Å². The molecule has 1 aliphatic carbocycles. The van der Waals surface area contributed by atoms with Gasteiger partial charge in [-0.3, -0.25) is 4.79 Å². The molecule has 0 aromatic rings. The zero-order chi connectivity index (χ0) is 15.0. The molecule has 2 aliphatic heterocycles. The summed E-state index contributed by atoms with van der Waals surface area (Å²) in [4.78, 5) is 26.1. The first-order chi connectivity index (χ1) is 10.0. The third-order valence-corrected chi connectivity index (χ3v) is 4.46. The summed E-state index contributed by atoms with van der Waals surface area (Å²) in [5.41, 5.74) is 0. The van der Waals surface area contributed by atoms with Crippen molar-refractivity contribution < 1.29 is 14.3 Å². The van der Waals surface area contributed by atoms with Gasteiger partial charge < -0.3 is 20.3 Å². The Bertz CT molecular complexity index is 422. The van der Waals surface area contributed by atoms with Crippen LogP contribution in [0.15, 0.2) is 0 Å². The summed E-state index contributed by atoms with van der Waals surface area (Å²) in [6, 6.07) is 0.0676. The standard InChI is InChI=1S/C15H25N3O3/c1-9(2)17-15(20)18-7-11-5-12(13(8-18)21-11)14(19)16-6-10-3-4-10/h9-13H,3-8H2,1-2H3,(H,16,19)(H,17,20)/t11-,12+,13-/m0/s1. The average molecular weight is 295 g/mol. The number of carbonyl (C=O) groups is 2. The van der Waals surface area contributed by atoms with Crippen molar-refractivity contribution in [1.29, 1.82) is 0 Å². The van der Waals surface area contributed by atoms with Crippen LogP contribution < -0.4 is 10.6 Å². The molecule has 2 N–H and O–H groups in total. The molecule has 0 radical (unpaired) electrons. The van der Waals surface area contributed by atoms with E-state index in [0.29, 0.717) is 19.0 Å². The quantitative estimate of drug-likeness (QED) is 0.803. The highest BCUT2D eigenvalue weighted by atomic mass is 16.5. The fourth-order valence-corrected chi connectivity index (χ4v) is 3.14. The number of fused-ring (bicyclic) bond motifs is 2. The highest BCUT2D eigenvalue weighted by Crippen LogP contribution is 2.33. The second-order valence-electron chi connectivity index (χ2n) is 6.84. The minimum atomic E-state index is -0.152. The Morgan fingerprint density at radius 1 is 1.29 bits per heavy atom. The molecule has 0 unspecified atom stereocenters. The molecule has 6 nitrogen and oxygen atoms in total. The van der Waals surface area contributed by atoms with Gasteiger partial charge in [0.1, 0.15) is 0 Å². The number of urea groups is 1. The third-order valence-electron chi connectivity index (χ3n) is 4.46. The van der Waals surface area contributed by atoms with Crippen LogP contribution in [0.5, 0.6) is 0 Å². The second kappa shape index (κ2) is 5.83. The minimum Gasteiger partial charge on any atom is -0.370 e. The molecule has 118 valence electrons. The lowest BCUT2D eigenvalue weighted by atomic mass is 9.99. The number of nitrogens with one attached hydrogen (secondary N) is 2. The van der Waals surface area contributed by atoms with Crippen LogP contribution in [0.2, 0.25) is 0 Å². The summed E-state index contributed by atoms with van der Waals surface area (Å²) < 4.78 is 5.86.